The Bertz CT molecular complexity index is 2190. The summed E-state index contributed by atoms with van der Waals surface area (Å²) in [6, 6.07) is 14.9. The standard InChI is InChI=1S/C43H48ClN9O5/c1-28-22-42(24-52(28)30-5-8-35(45-2)34(44)21-30)12-14-50(15-13-42)37-10-6-31(23-46-37)49-18-16-48(17-19-49)25-43(58-3)26-51(27-43)29-4-7-32-33(20-29)41(57)53(40(32)56)36-9-11-38(54)47-39(36)55/h4-8,10,20-21,23,28,36H,9,11-19,22,24-27H2,1,3H3,(H,47,54,55)/t28-,36?/m0/s1. The fourth-order valence-corrected chi connectivity index (χ4v) is 10.3. The summed E-state index contributed by atoms with van der Waals surface area (Å²) in [5, 5.41) is 2.76. The van der Waals surface area contributed by atoms with Gasteiger partial charge in [-0.1, -0.05) is 17.7 Å². The molecule has 7 heterocycles. The molecule has 6 aliphatic rings. The van der Waals surface area contributed by atoms with Crippen LogP contribution in [-0.4, -0.2) is 129 Å². The Morgan fingerprint density at radius 1 is 0.862 bits per heavy atom. The molecule has 0 saturated carbocycles. The third-order valence-electron chi connectivity index (χ3n) is 13.5. The third kappa shape index (κ3) is 6.82. The number of aromatic nitrogens is 1. The van der Waals surface area contributed by atoms with Gasteiger partial charge in [-0.25, -0.2) is 9.83 Å². The molecule has 2 atom stereocenters. The van der Waals surface area contributed by atoms with Crippen LogP contribution in [0.25, 0.3) is 4.85 Å². The Kier molecular flexibility index (Phi) is 9.81. The van der Waals surface area contributed by atoms with Gasteiger partial charge in [-0.05, 0) is 80.5 Å². The second-order valence-corrected chi connectivity index (χ2v) is 17.4. The van der Waals surface area contributed by atoms with Gasteiger partial charge in [0.05, 0.1) is 42.7 Å². The Morgan fingerprint density at radius 3 is 2.26 bits per heavy atom. The zero-order chi connectivity index (χ0) is 40.3. The highest BCUT2D eigenvalue weighted by atomic mass is 35.5. The molecule has 58 heavy (non-hydrogen) atoms. The van der Waals surface area contributed by atoms with E-state index in [4.69, 9.17) is 27.9 Å². The smallest absolute Gasteiger partial charge is 0.262 e. The number of hydrogen-bond donors (Lipinski definition) is 1. The van der Waals surface area contributed by atoms with Crippen LogP contribution in [-0.2, 0) is 14.3 Å². The van der Waals surface area contributed by atoms with E-state index >= 15 is 0 Å². The maximum atomic E-state index is 13.4. The fourth-order valence-electron chi connectivity index (χ4n) is 10.1. The number of rotatable bonds is 8. The van der Waals surface area contributed by atoms with E-state index in [-0.39, 0.29) is 35.0 Å². The number of carbonyl (C=O) groups is 4. The molecule has 0 aliphatic carbocycles. The number of ether oxygens (including phenoxy) is 1. The average Bonchev–Trinajstić information content (AvgIpc) is 3.67. The summed E-state index contributed by atoms with van der Waals surface area (Å²) in [6.07, 6.45) is 5.62. The lowest BCUT2D eigenvalue weighted by Gasteiger charge is -2.52. The van der Waals surface area contributed by atoms with Gasteiger partial charge in [0, 0.05) is 88.3 Å². The number of halogens is 1. The van der Waals surface area contributed by atoms with Crippen LogP contribution in [0.5, 0.6) is 0 Å². The molecule has 5 saturated heterocycles. The van der Waals surface area contributed by atoms with Crippen molar-refractivity contribution in [2.75, 3.05) is 92.2 Å². The van der Waals surface area contributed by atoms with Crippen molar-refractivity contribution in [2.24, 2.45) is 5.41 Å². The lowest BCUT2D eigenvalue weighted by Crippen LogP contribution is -2.68. The summed E-state index contributed by atoms with van der Waals surface area (Å²) in [5.74, 6) is -0.981. The summed E-state index contributed by atoms with van der Waals surface area (Å²) in [7, 11) is 1.75. The van der Waals surface area contributed by atoms with E-state index in [9.17, 15) is 19.2 Å². The van der Waals surface area contributed by atoms with Crippen molar-refractivity contribution in [1.29, 1.82) is 0 Å². The van der Waals surface area contributed by atoms with Crippen molar-refractivity contribution in [3.63, 3.8) is 0 Å². The normalized spacial score (nSPS) is 24.3. The molecule has 1 unspecified atom stereocenters. The van der Waals surface area contributed by atoms with Crippen molar-refractivity contribution in [3.8, 4) is 0 Å². The van der Waals surface area contributed by atoms with Gasteiger partial charge < -0.3 is 24.3 Å². The van der Waals surface area contributed by atoms with Gasteiger partial charge in [0.2, 0.25) is 17.5 Å². The third-order valence-corrected chi connectivity index (χ3v) is 13.8. The number of piperidine rings is 2. The molecule has 1 aromatic heterocycles. The van der Waals surface area contributed by atoms with Crippen molar-refractivity contribution in [2.45, 2.75) is 56.7 Å². The predicted octanol–water partition coefficient (Wildman–Crippen LogP) is 4.60. The largest absolute Gasteiger partial charge is 0.373 e. The van der Waals surface area contributed by atoms with Crippen molar-refractivity contribution >= 4 is 63.8 Å². The number of amides is 4. The van der Waals surface area contributed by atoms with Gasteiger partial charge >= 0.3 is 0 Å². The number of methoxy groups -OCH3 is 1. The van der Waals surface area contributed by atoms with E-state index in [2.05, 4.69) is 53.7 Å². The molecule has 302 valence electrons. The SMILES string of the molecule is [C-]#[N+]c1ccc(N2CC3(CCN(c4ccc(N5CCN(CC6(OC)CN(c7ccc8c(c7)C(=O)N(C7CCC(=O)NC7=O)C8=O)C6)CC5)cn4)CC3)C[C@@H]2C)cc1Cl. The van der Waals surface area contributed by atoms with Gasteiger partial charge in [0.15, 0.2) is 0 Å². The number of anilines is 4. The molecule has 2 aromatic carbocycles. The zero-order valence-corrected chi connectivity index (χ0v) is 33.7. The summed E-state index contributed by atoms with van der Waals surface area (Å²) in [6.45, 7) is 18.2. The van der Waals surface area contributed by atoms with Crippen LogP contribution < -0.4 is 24.9 Å². The number of carbonyl (C=O) groups excluding carboxylic acids is 4. The molecule has 0 bridgehead atoms. The Balaban J connectivity index is 0.750. The lowest BCUT2D eigenvalue weighted by atomic mass is 9.77. The Morgan fingerprint density at radius 2 is 1.59 bits per heavy atom. The van der Waals surface area contributed by atoms with Gasteiger partial charge in [-0.3, -0.25) is 34.3 Å². The van der Waals surface area contributed by atoms with Crippen LogP contribution in [0.3, 0.4) is 0 Å². The van der Waals surface area contributed by atoms with E-state index in [1.165, 1.54) is 0 Å². The molecule has 1 spiro atoms. The highest BCUT2D eigenvalue weighted by molar-refractivity contribution is 6.33. The highest BCUT2D eigenvalue weighted by Gasteiger charge is 2.48. The second-order valence-electron chi connectivity index (χ2n) is 17.0. The number of piperazine rings is 1. The minimum absolute atomic E-state index is 0.0863. The van der Waals surface area contributed by atoms with Crippen LogP contribution in [0.2, 0.25) is 5.02 Å². The summed E-state index contributed by atoms with van der Waals surface area (Å²) < 4.78 is 6.10. The second kappa shape index (κ2) is 14.9. The van der Waals surface area contributed by atoms with Crippen LogP contribution in [0.15, 0.2) is 54.7 Å². The molecule has 6 aliphatic heterocycles. The first kappa shape index (κ1) is 38.3. The molecule has 0 radical (unpaired) electrons. The average molecular weight is 806 g/mol. The van der Waals surface area contributed by atoms with Crippen LogP contribution in [0.1, 0.15) is 59.7 Å². The molecule has 1 N–H and O–H groups in total. The van der Waals surface area contributed by atoms with Crippen molar-refractivity contribution in [3.05, 3.63) is 82.3 Å². The highest BCUT2D eigenvalue weighted by Crippen LogP contribution is 2.46. The molecule has 9 rings (SSSR count). The van der Waals surface area contributed by atoms with Gasteiger partial charge in [0.25, 0.3) is 11.8 Å². The maximum absolute atomic E-state index is 13.4. The van der Waals surface area contributed by atoms with E-state index in [0.717, 1.165) is 99.4 Å². The van der Waals surface area contributed by atoms with Crippen molar-refractivity contribution < 1.29 is 23.9 Å². The number of nitrogens with one attached hydrogen (secondary N) is 1. The maximum Gasteiger partial charge on any atom is 0.262 e. The van der Waals surface area contributed by atoms with Gasteiger partial charge in [0.1, 0.15) is 17.5 Å². The number of pyridine rings is 1. The lowest BCUT2D eigenvalue weighted by molar-refractivity contribution is -0.136. The topological polar surface area (TPSA) is 126 Å². The molecular formula is C43H48ClN9O5. The Labute approximate surface area is 343 Å². The summed E-state index contributed by atoms with van der Waals surface area (Å²) in [4.78, 5) is 72.0. The number of hydrogen-bond acceptors (Lipinski definition) is 11. The molecular weight excluding hydrogens is 758 g/mol. The first-order valence-corrected chi connectivity index (χ1v) is 20.6. The summed E-state index contributed by atoms with van der Waals surface area (Å²) in [5.41, 5.74) is 4.04. The van der Waals surface area contributed by atoms with E-state index in [1.54, 1.807) is 19.2 Å². The van der Waals surface area contributed by atoms with Crippen LogP contribution in [0.4, 0.5) is 28.6 Å². The minimum Gasteiger partial charge on any atom is -0.373 e. The first-order valence-electron chi connectivity index (χ1n) is 20.3. The number of benzene rings is 2. The van der Waals surface area contributed by atoms with Gasteiger partial charge in [-0.2, -0.15) is 0 Å². The Hall–Kier alpha value is -5.23. The van der Waals surface area contributed by atoms with E-state index in [0.29, 0.717) is 29.8 Å². The first-order chi connectivity index (χ1) is 28.0. The molecule has 15 heteroatoms. The molecule has 14 nitrogen and oxygen atoms in total. The predicted molar refractivity (Wildman–Crippen MR) is 221 cm³/mol. The fraction of sp³-hybridized carbons (Fsp3) is 0.488. The molecule has 4 amide bonds. The zero-order valence-electron chi connectivity index (χ0n) is 33.0. The van der Waals surface area contributed by atoms with E-state index < -0.39 is 29.7 Å². The number of imide groups is 2. The number of nitrogens with zero attached hydrogens (tertiary/aromatic N) is 8. The van der Waals surface area contributed by atoms with Gasteiger partial charge in [-0.15, -0.1) is 0 Å². The monoisotopic (exact) mass is 805 g/mol. The van der Waals surface area contributed by atoms with Crippen LogP contribution >= 0.6 is 11.6 Å². The quantitative estimate of drug-likeness (QED) is 0.254. The van der Waals surface area contributed by atoms with E-state index in [1.807, 2.05) is 30.5 Å². The molecule has 3 aromatic rings. The van der Waals surface area contributed by atoms with Crippen molar-refractivity contribution in [1.82, 2.24) is 20.1 Å². The molecule has 5 fully saturated rings. The van der Waals surface area contributed by atoms with Crippen LogP contribution in [0, 0.1) is 12.0 Å². The summed E-state index contributed by atoms with van der Waals surface area (Å²) >= 11 is 6.39. The minimum atomic E-state index is -0.984. The number of fused-ring (bicyclic) bond motifs is 1.